The number of nitrogens with one attached hydrogen (secondary N) is 1. The first kappa shape index (κ1) is 22.0. The number of likely N-dealkylation sites (tertiary alicyclic amines) is 1. The second-order valence-corrected chi connectivity index (χ2v) is 7.45. The van der Waals surface area contributed by atoms with E-state index in [0.29, 0.717) is 52.0 Å². The lowest BCUT2D eigenvalue weighted by Gasteiger charge is -2.37. The van der Waals surface area contributed by atoms with Gasteiger partial charge in [0.2, 0.25) is 5.91 Å². The Hall–Kier alpha value is -2.32. The van der Waals surface area contributed by atoms with Crippen molar-refractivity contribution >= 4 is 23.9 Å². The maximum atomic E-state index is 12.4. The molecule has 0 unspecified atom stereocenters. The number of unbranched alkanes of at least 4 members (excludes halogenated alkanes) is 2. The summed E-state index contributed by atoms with van der Waals surface area (Å²) >= 11 is 0. The average molecular weight is 397 g/mol. The van der Waals surface area contributed by atoms with Gasteiger partial charge in [0.25, 0.3) is 0 Å². The number of alkyl carbamates (subject to hydrolysis) is 1. The number of rotatable bonds is 9. The zero-order chi connectivity index (χ0) is 20.6. The summed E-state index contributed by atoms with van der Waals surface area (Å²) in [5, 5.41) is 2.66. The van der Waals surface area contributed by atoms with E-state index in [4.69, 9.17) is 9.47 Å². The predicted molar refractivity (Wildman–Crippen MR) is 101 cm³/mol. The third kappa shape index (κ3) is 6.38. The summed E-state index contributed by atoms with van der Waals surface area (Å²) in [5.74, 6) is 0.0391. The molecule has 9 nitrogen and oxygen atoms in total. The summed E-state index contributed by atoms with van der Waals surface area (Å²) in [5.41, 5.74) is -0.567. The highest BCUT2D eigenvalue weighted by atomic mass is 16.6. The highest BCUT2D eigenvalue weighted by molar-refractivity contribution is 5.83. The van der Waals surface area contributed by atoms with E-state index in [-0.39, 0.29) is 18.2 Å². The fraction of sp³-hybridized carbons (Fsp3) is 0.789. The molecule has 9 heteroatoms. The molecular weight excluding hydrogens is 366 g/mol. The summed E-state index contributed by atoms with van der Waals surface area (Å²) in [6.07, 6.45) is 3.26. The number of hydrogen-bond acceptors (Lipinski definition) is 6. The first-order valence-electron chi connectivity index (χ1n) is 10.0. The van der Waals surface area contributed by atoms with Gasteiger partial charge in [-0.1, -0.05) is 6.42 Å². The van der Waals surface area contributed by atoms with Crippen molar-refractivity contribution in [3.63, 3.8) is 0 Å². The Balaban J connectivity index is 1.62. The number of piperidine rings is 1. The van der Waals surface area contributed by atoms with Crippen molar-refractivity contribution in [2.75, 3.05) is 39.3 Å². The molecule has 2 aliphatic heterocycles. The lowest BCUT2D eigenvalue weighted by molar-refractivity contribution is -0.134. The Labute approximate surface area is 165 Å². The molecule has 0 aliphatic carbocycles. The molecule has 28 heavy (non-hydrogen) atoms. The van der Waals surface area contributed by atoms with Gasteiger partial charge in [-0.2, -0.15) is 0 Å². The van der Waals surface area contributed by atoms with Crippen molar-refractivity contribution in [3.05, 3.63) is 0 Å². The summed E-state index contributed by atoms with van der Waals surface area (Å²) < 4.78 is 10.3. The van der Waals surface area contributed by atoms with E-state index in [9.17, 15) is 19.2 Å². The van der Waals surface area contributed by atoms with E-state index in [1.807, 2.05) is 4.90 Å². The molecule has 2 rings (SSSR count). The summed E-state index contributed by atoms with van der Waals surface area (Å²) in [7, 11) is 0. The molecule has 2 heterocycles. The Kier molecular flexibility index (Phi) is 8.07. The van der Waals surface area contributed by atoms with Crippen LogP contribution in [-0.4, -0.2) is 78.6 Å². The second kappa shape index (κ2) is 10.3. The van der Waals surface area contributed by atoms with Gasteiger partial charge in [-0.3, -0.25) is 14.5 Å². The van der Waals surface area contributed by atoms with Crippen molar-refractivity contribution < 1.29 is 28.7 Å². The third-order valence-corrected chi connectivity index (χ3v) is 5.09. The molecular formula is C19H31N3O6. The van der Waals surface area contributed by atoms with E-state index in [2.05, 4.69) is 5.32 Å². The van der Waals surface area contributed by atoms with Gasteiger partial charge in [-0.05, 0) is 26.7 Å². The van der Waals surface area contributed by atoms with Crippen LogP contribution in [0.2, 0.25) is 0 Å². The normalized spacial score (nSPS) is 18.1. The number of carbonyl (C=O) groups excluding carboxylic acids is 4. The molecule has 0 bridgehead atoms. The summed E-state index contributed by atoms with van der Waals surface area (Å²) in [6, 6.07) is 0. The van der Waals surface area contributed by atoms with E-state index in [0.717, 1.165) is 19.3 Å². The lowest BCUT2D eigenvalue weighted by Crippen LogP contribution is -2.48. The van der Waals surface area contributed by atoms with Crippen LogP contribution in [0.15, 0.2) is 0 Å². The van der Waals surface area contributed by atoms with Gasteiger partial charge >= 0.3 is 12.2 Å². The smallest absolute Gasteiger partial charge is 0.410 e. The van der Waals surface area contributed by atoms with Crippen LogP contribution >= 0.6 is 0 Å². The molecule has 0 saturated carbocycles. The quantitative estimate of drug-likeness (QED) is 0.594. The first-order chi connectivity index (χ1) is 13.3. The minimum Gasteiger partial charge on any atom is -0.450 e. The molecule has 0 aromatic rings. The van der Waals surface area contributed by atoms with Crippen molar-refractivity contribution in [3.8, 4) is 0 Å². The van der Waals surface area contributed by atoms with Crippen molar-refractivity contribution in [1.82, 2.24) is 15.1 Å². The predicted octanol–water partition coefficient (Wildman–Crippen LogP) is 1.70. The number of Topliss-reactive ketones (excluding diaryl/α,β-unsaturated/α-hetero) is 1. The Morgan fingerprint density at radius 3 is 2.54 bits per heavy atom. The monoisotopic (exact) mass is 397 g/mol. The zero-order valence-electron chi connectivity index (χ0n) is 16.8. The van der Waals surface area contributed by atoms with Gasteiger partial charge in [0.15, 0.2) is 0 Å². The minimum absolute atomic E-state index is 0.0703. The van der Waals surface area contributed by atoms with Gasteiger partial charge in [-0.15, -0.1) is 0 Å². The van der Waals surface area contributed by atoms with Gasteiger partial charge in [-0.25, -0.2) is 9.59 Å². The van der Waals surface area contributed by atoms with Crippen LogP contribution in [0.3, 0.4) is 0 Å². The molecule has 2 saturated heterocycles. The van der Waals surface area contributed by atoms with Gasteiger partial charge in [0.1, 0.15) is 11.4 Å². The van der Waals surface area contributed by atoms with Crippen molar-refractivity contribution in [2.24, 2.45) is 0 Å². The molecule has 0 atom stereocenters. The SMILES string of the molecule is CCOC(=O)NCCCCCC(=O)N1CCC2(CC1)CN(CC(C)=O)C(=O)O2. The van der Waals surface area contributed by atoms with Crippen LogP contribution in [0.25, 0.3) is 0 Å². The van der Waals surface area contributed by atoms with Crippen molar-refractivity contribution in [1.29, 1.82) is 0 Å². The van der Waals surface area contributed by atoms with Crippen LogP contribution < -0.4 is 5.32 Å². The average Bonchev–Trinajstić information content (AvgIpc) is 2.92. The maximum Gasteiger partial charge on any atom is 0.410 e. The standard InChI is InChI=1S/C19H31N3O6/c1-3-27-17(25)20-10-6-4-5-7-16(24)21-11-8-19(9-12-21)14-22(13-15(2)23)18(26)28-19/h3-14H2,1-2H3,(H,20,25). The Bertz CT molecular complexity index is 586. The zero-order valence-corrected chi connectivity index (χ0v) is 16.8. The van der Waals surface area contributed by atoms with E-state index >= 15 is 0 Å². The number of ketones is 1. The highest BCUT2D eigenvalue weighted by Crippen LogP contribution is 2.33. The molecule has 2 fully saturated rings. The number of nitrogens with zero attached hydrogens (tertiary/aromatic N) is 2. The maximum absolute atomic E-state index is 12.4. The Morgan fingerprint density at radius 1 is 1.18 bits per heavy atom. The van der Waals surface area contributed by atoms with Gasteiger partial charge in [0.05, 0.1) is 19.7 Å². The molecule has 158 valence electrons. The van der Waals surface area contributed by atoms with Crippen LogP contribution in [0, 0.1) is 0 Å². The largest absolute Gasteiger partial charge is 0.450 e. The van der Waals surface area contributed by atoms with Crippen LogP contribution in [0.5, 0.6) is 0 Å². The Morgan fingerprint density at radius 2 is 1.89 bits per heavy atom. The van der Waals surface area contributed by atoms with Crippen LogP contribution in [0.4, 0.5) is 9.59 Å². The van der Waals surface area contributed by atoms with E-state index in [1.54, 1.807) is 6.92 Å². The fourth-order valence-electron chi connectivity index (χ4n) is 3.62. The third-order valence-electron chi connectivity index (χ3n) is 5.09. The van der Waals surface area contributed by atoms with Crippen LogP contribution in [-0.2, 0) is 19.1 Å². The van der Waals surface area contributed by atoms with Crippen molar-refractivity contribution in [2.45, 2.75) is 58.0 Å². The minimum atomic E-state index is -0.567. The lowest BCUT2D eigenvalue weighted by atomic mass is 9.91. The molecule has 2 aliphatic rings. The molecule has 3 amide bonds. The number of carbonyl (C=O) groups is 4. The fourth-order valence-corrected chi connectivity index (χ4v) is 3.62. The topological polar surface area (TPSA) is 105 Å². The first-order valence-corrected chi connectivity index (χ1v) is 10.0. The number of ether oxygens (including phenoxy) is 2. The molecule has 0 radical (unpaired) electrons. The van der Waals surface area contributed by atoms with E-state index in [1.165, 1.54) is 11.8 Å². The molecule has 0 aromatic heterocycles. The van der Waals surface area contributed by atoms with E-state index < -0.39 is 17.8 Å². The molecule has 1 spiro atoms. The van der Waals surface area contributed by atoms with Crippen LogP contribution in [0.1, 0.15) is 52.4 Å². The summed E-state index contributed by atoms with van der Waals surface area (Å²) in [4.78, 5) is 50.0. The summed E-state index contributed by atoms with van der Waals surface area (Å²) in [6.45, 7) is 5.72. The number of amides is 3. The molecule has 0 aromatic carbocycles. The van der Waals surface area contributed by atoms with Gasteiger partial charge in [0, 0.05) is 38.9 Å². The highest BCUT2D eigenvalue weighted by Gasteiger charge is 2.47. The molecule has 1 N–H and O–H groups in total. The number of hydrogen-bond donors (Lipinski definition) is 1. The van der Waals surface area contributed by atoms with Gasteiger partial charge < -0.3 is 19.7 Å². The second-order valence-electron chi connectivity index (χ2n) is 7.45.